The molecule has 5 nitrogen and oxygen atoms in total. The fourth-order valence-electron chi connectivity index (χ4n) is 3.85. The molecule has 3 aromatic rings. The second kappa shape index (κ2) is 7.92. The van der Waals surface area contributed by atoms with Gasteiger partial charge in [0.15, 0.2) is 0 Å². The Morgan fingerprint density at radius 2 is 2.00 bits per heavy atom. The maximum Gasteiger partial charge on any atom is 0.254 e. The van der Waals surface area contributed by atoms with Crippen molar-refractivity contribution in [1.82, 2.24) is 14.9 Å². The summed E-state index contributed by atoms with van der Waals surface area (Å²) in [5.74, 6) is 0.943. The van der Waals surface area contributed by atoms with Crippen LogP contribution in [0.1, 0.15) is 36.0 Å². The summed E-state index contributed by atoms with van der Waals surface area (Å²) < 4.78 is 5.22. The van der Waals surface area contributed by atoms with Crippen molar-refractivity contribution in [2.75, 3.05) is 20.3 Å². The lowest BCUT2D eigenvalue weighted by molar-refractivity contribution is 0.0553. The molecule has 1 atom stereocenters. The van der Waals surface area contributed by atoms with E-state index in [0.717, 1.165) is 53.8 Å². The number of H-pyrrole nitrogens is 1. The molecule has 140 valence electrons. The zero-order chi connectivity index (χ0) is 18.6. The first-order chi connectivity index (χ1) is 13.3. The van der Waals surface area contributed by atoms with Crippen molar-refractivity contribution in [2.24, 2.45) is 0 Å². The number of amides is 1. The van der Waals surface area contributed by atoms with Gasteiger partial charge in [-0.25, -0.2) is 4.98 Å². The van der Waals surface area contributed by atoms with Gasteiger partial charge in [-0.2, -0.15) is 0 Å². The van der Waals surface area contributed by atoms with Crippen molar-refractivity contribution < 1.29 is 9.53 Å². The van der Waals surface area contributed by atoms with E-state index >= 15 is 0 Å². The van der Waals surface area contributed by atoms with Crippen LogP contribution in [-0.2, 0) is 4.74 Å². The summed E-state index contributed by atoms with van der Waals surface area (Å²) in [4.78, 5) is 23.0. The molecule has 2 aromatic carbocycles. The number of imidazole rings is 1. The lowest BCUT2D eigenvalue weighted by atomic mass is 9.98. The Morgan fingerprint density at radius 3 is 2.78 bits per heavy atom. The van der Waals surface area contributed by atoms with E-state index in [1.165, 1.54) is 6.42 Å². The minimum absolute atomic E-state index is 0.118. The molecule has 4 rings (SSSR count). The van der Waals surface area contributed by atoms with E-state index in [1.54, 1.807) is 7.11 Å². The van der Waals surface area contributed by atoms with Crippen molar-refractivity contribution in [3.8, 4) is 11.4 Å². The molecule has 1 aliphatic rings. The molecule has 1 aliphatic heterocycles. The van der Waals surface area contributed by atoms with Crippen molar-refractivity contribution in [3.63, 3.8) is 0 Å². The minimum Gasteiger partial charge on any atom is -0.385 e. The number of likely N-dealkylation sites (tertiary alicyclic amines) is 1. The number of hydrogen-bond donors (Lipinski definition) is 1. The van der Waals surface area contributed by atoms with Crippen LogP contribution in [-0.4, -0.2) is 47.1 Å². The highest BCUT2D eigenvalue weighted by Gasteiger charge is 2.27. The number of nitrogens with one attached hydrogen (secondary N) is 1. The van der Waals surface area contributed by atoms with Gasteiger partial charge in [-0.05, 0) is 49.9 Å². The normalized spacial score (nSPS) is 17.4. The van der Waals surface area contributed by atoms with Crippen LogP contribution in [0.4, 0.5) is 0 Å². The molecule has 1 unspecified atom stereocenters. The number of benzene rings is 2. The zero-order valence-electron chi connectivity index (χ0n) is 15.6. The molecule has 1 saturated heterocycles. The number of rotatable bonds is 5. The van der Waals surface area contributed by atoms with Crippen LogP contribution in [0.2, 0.25) is 0 Å². The third kappa shape index (κ3) is 3.74. The molecule has 1 aromatic heterocycles. The van der Waals surface area contributed by atoms with Crippen molar-refractivity contribution in [3.05, 3.63) is 54.1 Å². The van der Waals surface area contributed by atoms with Gasteiger partial charge in [0.2, 0.25) is 0 Å². The topological polar surface area (TPSA) is 58.2 Å². The number of aromatic amines is 1. The second-order valence-corrected chi connectivity index (χ2v) is 7.11. The lowest BCUT2D eigenvalue weighted by Gasteiger charge is -2.36. The van der Waals surface area contributed by atoms with Crippen LogP contribution in [0.5, 0.6) is 0 Å². The summed E-state index contributed by atoms with van der Waals surface area (Å²) in [6.07, 6.45) is 4.22. The van der Waals surface area contributed by atoms with Crippen LogP contribution in [0.25, 0.3) is 22.4 Å². The molecular formula is C22H25N3O2. The number of piperidine rings is 1. The number of fused-ring (bicyclic) bond motifs is 1. The van der Waals surface area contributed by atoms with Gasteiger partial charge in [0.1, 0.15) is 5.82 Å². The Kier molecular flexibility index (Phi) is 5.21. The van der Waals surface area contributed by atoms with Crippen molar-refractivity contribution >= 4 is 16.9 Å². The molecule has 0 radical (unpaired) electrons. The summed E-state index contributed by atoms with van der Waals surface area (Å²) in [6, 6.07) is 16.0. The van der Waals surface area contributed by atoms with E-state index in [0.29, 0.717) is 6.61 Å². The summed E-state index contributed by atoms with van der Waals surface area (Å²) in [5, 5.41) is 0. The smallest absolute Gasteiger partial charge is 0.254 e. The predicted molar refractivity (Wildman–Crippen MR) is 107 cm³/mol. The Hall–Kier alpha value is -2.66. The third-order valence-electron chi connectivity index (χ3n) is 5.34. The molecule has 1 fully saturated rings. The van der Waals surface area contributed by atoms with Crippen LogP contribution in [0.3, 0.4) is 0 Å². The van der Waals surface area contributed by atoms with Crippen molar-refractivity contribution in [1.29, 1.82) is 0 Å². The van der Waals surface area contributed by atoms with E-state index in [2.05, 4.69) is 9.97 Å². The van der Waals surface area contributed by atoms with E-state index in [9.17, 15) is 4.79 Å². The Morgan fingerprint density at radius 1 is 1.19 bits per heavy atom. The molecule has 0 spiro atoms. The summed E-state index contributed by atoms with van der Waals surface area (Å²) in [7, 11) is 1.71. The molecule has 0 bridgehead atoms. The van der Waals surface area contributed by atoms with Gasteiger partial charge in [0.05, 0.1) is 11.0 Å². The highest BCUT2D eigenvalue weighted by atomic mass is 16.5. The highest BCUT2D eigenvalue weighted by molar-refractivity contribution is 5.95. The van der Waals surface area contributed by atoms with Crippen LogP contribution >= 0.6 is 0 Å². The monoisotopic (exact) mass is 363 g/mol. The van der Waals surface area contributed by atoms with Gasteiger partial charge >= 0.3 is 0 Å². The Labute approximate surface area is 159 Å². The molecule has 1 amide bonds. The third-order valence-corrected chi connectivity index (χ3v) is 5.34. The molecule has 5 heteroatoms. The fraction of sp³-hybridized carbons (Fsp3) is 0.364. The van der Waals surface area contributed by atoms with Crippen LogP contribution < -0.4 is 0 Å². The number of para-hydroxylation sites is 2. The van der Waals surface area contributed by atoms with Gasteiger partial charge in [-0.3, -0.25) is 4.79 Å². The van der Waals surface area contributed by atoms with Gasteiger partial charge in [0.25, 0.3) is 5.91 Å². The SMILES string of the molecule is COCCC1CCCCN1C(=O)c1ccc(-c2nc3ccccc3[nH]2)cc1. The first-order valence-corrected chi connectivity index (χ1v) is 9.61. The van der Waals surface area contributed by atoms with E-state index in [1.807, 2.05) is 53.4 Å². The van der Waals surface area contributed by atoms with E-state index in [-0.39, 0.29) is 11.9 Å². The Bertz CT molecular complexity index is 884. The number of methoxy groups -OCH3 is 1. The number of nitrogens with zero attached hydrogens (tertiary/aromatic N) is 2. The maximum absolute atomic E-state index is 13.0. The highest BCUT2D eigenvalue weighted by Crippen LogP contribution is 2.24. The van der Waals surface area contributed by atoms with Gasteiger partial charge in [0, 0.05) is 37.4 Å². The molecule has 27 heavy (non-hydrogen) atoms. The number of carbonyl (C=O) groups is 1. The van der Waals surface area contributed by atoms with Crippen LogP contribution in [0.15, 0.2) is 48.5 Å². The molecule has 1 N–H and O–H groups in total. The number of ether oxygens (including phenoxy) is 1. The first kappa shape index (κ1) is 17.7. The summed E-state index contributed by atoms with van der Waals surface area (Å²) in [6.45, 7) is 1.53. The standard InChI is InChI=1S/C22H25N3O2/c1-27-15-13-18-6-4-5-14-25(18)22(26)17-11-9-16(10-12-17)21-23-19-7-2-3-8-20(19)24-21/h2-3,7-12,18H,4-6,13-15H2,1H3,(H,23,24). The molecule has 0 aliphatic carbocycles. The van der Waals surface area contributed by atoms with Crippen molar-refractivity contribution in [2.45, 2.75) is 31.7 Å². The number of hydrogen-bond acceptors (Lipinski definition) is 3. The molecular weight excluding hydrogens is 338 g/mol. The van der Waals surface area contributed by atoms with E-state index < -0.39 is 0 Å². The van der Waals surface area contributed by atoms with Crippen LogP contribution in [0, 0.1) is 0 Å². The average Bonchev–Trinajstić information content (AvgIpc) is 3.16. The fourth-order valence-corrected chi connectivity index (χ4v) is 3.85. The minimum atomic E-state index is 0.118. The molecule has 2 heterocycles. The zero-order valence-corrected chi connectivity index (χ0v) is 15.6. The predicted octanol–water partition coefficient (Wildman–Crippen LogP) is 4.26. The number of aromatic nitrogens is 2. The summed E-state index contributed by atoms with van der Waals surface area (Å²) >= 11 is 0. The first-order valence-electron chi connectivity index (χ1n) is 9.61. The largest absolute Gasteiger partial charge is 0.385 e. The quantitative estimate of drug-likeness (QED) is 0.737. The van der Waals surface area contributed by atoms with Gasteiger partial charge < -0.3 is 14.6 Å². The van der Waals surface area contributed by atoms with Gasteiger partial charge in [-0.1, -0.05) is 24.3 Å². The summed E-state index contributed by atoms with van der Waals surface area (Å²) in [5.41, 5.74) is 3.68. The number of carbonyl (C=O) groups excluding carboxylic acids is 1. The second-order valence-electron chi connectivity index (χ2n) is 7.11. The average molecular weight is 363 g/mol. The lowest BCUT2D eigenvalue weighted by Crippen LogP contribution is -2.44. The van der Waals surface area contributed by atoms with E-state index in [4.69, 9.17) is 4.74 Å². The molecule has 0 saturated carbocycles. The Balaban J connectivity index is 1.53. The maximum atomic E-state index is 13.0. The van der Waals surface area contributed by atoms with Gasteiger partial charge in [-0.15, -0.1) is 0 Å².